The van der Waals surface area contributed by atoms with E-state index in [1.54, 1.807) is 19.2 Å². The van der Waals surface area contributed by atoms with Crippen LogP contribution in [0.25, 0.3) is 0 Å². The molecule has 0 aromatic carbocycles. The molecule has 174 valence electrons. The second kappa shape index (κ2) is 20.7. The van der Waals surface area contributed by atoms with Crippen molar-refractivity contribution in [1.29, 1.82) is 0 Å². The lowest BCUT2D eigenvalue weighted by Crippen LogP contribution is -2.15. The van der Waals surface area contributed by atoms with E-state index in [0.717, 1.165) is 0 Å². The summed E-state index contributed by atoms with van der Waals surface area (Å²) in [6, 6.07) is 3.29. The van der Waals surface area contributed by atoms with Gasteiger partial charge in [0.2, 0.25) is 5.88 Å². The zero-order valence-electron chi connectivity index (χ0n) is 17.8. The van der Waals surface area contributed by atoms with Crippen molar-refractivity contribution in [2.24, 2.45) is 0 Å². The van der Waals surface area contributed by atoms with Crippen molar-refractivity contribution in [1.82, 2.24) is 10.2 Å². The number of hydrogen-bond acceptors (Lipinski definition) is 11. The van der Waals surface area contributed by atoms with E-state index in [9.17, 15) is 0 Å². The average molecular weight is 434 g/mol. The highest BCUT2D eigenvalue weighted by atomic mass is 16.6. The standard InChI is InChI=1S/C19H35N3O8/c1-23-4-5-24-6-7-25-8-9-26-10-11-27-12-13-28-14-15-29-16-17-30-19-3-2-18(20)21-22-19/h2-3H,4-17H2,1H3,(H2,20,21). The molecule has 11 nitrogen and oxygen atoms in total. The Hall–Kier alpha value is -1.60. The fourth-order valence-electron chi connectivity index (χ4n) is 1.96. The molecule has 30 heavy (non-hydrogen) atoms. The fourth-order valence-corrected chi connectivity index (χ4v) is 1.96. The monoisotopic (exact) mass is 433 g/mol. The van der Waals surface area contributed by atoms with Crippen LogP contribution in [-0.2, 0) is 33.2 Å². The molecule has 0 saturated heterocycles. The molecule has 0 amide bonds. The van der Waals surface area contributed by atoms with Gasteiger partial charge in [-0.1, -0.05) is 0 Å². The Morgan fingerprint density at radius 2 is 0.967 bits per heavy atom. The summed E-state index contributed by atoms with van der Waals surface area (Å²) in [7, 11) is 1.64. The van der Waals surface area contributed by atoms with Gasteiger partial charge in [0.25, 0.3) is 0 Å². The van der Waals surface area contributed by atoms with E-state index in [1.165, 1.54) is 0 Å². The Kier molecular flexibility index (Phi) is 18.2. The molecule has 0 saturated carbocycles. The first-order valence-corrected chi connectivity index (χ1v) is 10.0. The molecule has 0 spiro atoms. The molecule has 0 aliphatic rings. The molecular formula is C19H35N3O8. The Balaban J connectivity index is 1.68. The summed E-state index contributed by atoms with van der Waals surface area (Å²) in [5.74, 6) is 0.773. The summed E-state index contributed by atoms with van der Waals surface area (Å²) in [5.41, 5.74) is 5.44. The number of nitrogens with two attached hydrogens (primary N) is 1. The van der Waals surface area contributed by atoms with Gasteiger partial charge in [0, 0.05) is 13.2 Å². The van der Waals surface area contributed by atoms with E-state index in [0.29, 0.717) is 104 Å². The van der Waals surface area contributed by atoms with Crippen molar-refractivity contribution in [2.45, 2.75) is 0 Å². The van der Waals surface area contributed by atoms with Crippen LogP contribution in [0, 0.1) is 0 Å². The van der Waals surface area contributed by atoms with Gasteiger partial charge in [-0.2, -0.15) is 0 Å². The molecule has 0 aliphatic heterocycles. The minimum atomic E-state index is 0.355. The first-order valence-electron chi connectivity index (χ1n) is 10.0. The minimum absolute atomic E-state index is 0.355. The summed E-state index contributed by atoms with van der Waals surface area (Å²) in [5, 5.41) is 7.48. The largest absolute Gasteiger partial charge is 0.474 e. The van der Waals surface area contributed by atoms with E-state index in [4.69, 9.17) is 43.6 Å². The molecule has 0 radical (unpaired) electrons. The van der Waals surface area contributed by atoms with Crippen LogP contribution in [-0.4, -0.2) is 110 Å². The fraction of sp³-hybridized carbons (Fsp3) is 0.789. The maximum Gasteiger partial charge on any atom is 0.233 e. The van der Waals surface area contributed by atoms with Gasteiger partial charge in [-0.05, 0) is 6.07 Å². The third-order valence-corrected chi connectivity index (χ3v) is 3.43. The second-order valence-electron chi connectivity index (χ2n) is 5.81. The van der Waals surface area contributed by atoms with E-state index in [2.05, 4.69) is 10.2 Å². The van der Waals surface area contributed by atoms with E-state index >= 15 is 0 Å². The molecule has 0 bridgehead atoms. The number of nitrogens with zero attached hydrogens (tertiary/aromatic N) is 2. The van der Waals surface area contributed by atoms with Crippen molar-refractivity contribution < 1.29 is 37.9 Å². The Morgan fingerprint density at radius 1 is 0.567 bits per heavy atom. The smallest absolute Gasteiger partial charge is 0.233 e. The van der Waals surface area contributed by atoms with Crippen LogP contribution in [0.4, 0.5) is 5.82 Å². The lowest BCUT2D eigenvalue weighted by molar-refractivity contribution is -0.0199. The van der Waals surface area contributed by atoms with Gasteiger partial charge < -0.3 is 43.6 Å². The Labute approximate surface area is 178 Å². The summed E-state index contributed by atoms with van der Waals surface area (Å²) < 4.78 is 42.5. The molecule has 0 fully saturated rings. The molecule has 11 heteroatoms. The zero-order valence-corrected chi connectivity index (χ0v) is 17.8. The minimum Gasteiger partial charge on any atom is -0.474 e. The topological polar surface area (TPSA) is 126 Å². The SMILES string of the molecule is COCCOCCOCCOCCOCCOCCOCCOc1ccc(N)nn1. The highest BCUT2D eigenvalue weighted by molar-refractivity contribution is 5.27. The van der Waals surface area contributed by atoms with Gasteiger partial charge in [0.15, 0.2) is 0 Å². The quantitative estimate of drug-likeness (QED) is 0.252. The van der Waals surface area contributed by atoms with Gasteiger partial charge >= 0.3 is 0 Å². The third kappa shape index (κ3) is 17.3. The number of methoxy groups -OCH3 is 1. The van der Waals surface area contributed by atoms with Crippen molar-refractivity contribution in [3.63, 3.8) is 0 Å². The predicted molar refractivity (Wildman–Crippen MR) is 109 cm³/mol. The Bertz CT molecular complexity index is 481. The summed E-state index contributed by atoms with van der Waals surface area (Å²) >= 11 is 0. The molecular weight excluding hydrogens is 398 g/mol. The number of hydrogen-bond donors (Lipinski definition) is 1. The number of rotatable bonds is 22. The highest BCUT2D eigenvalue weighted by Gasteiger charge is 1.97. The lowest BCUT2D eigenvalue weighted by atomic mass is 10.5. The van der Waals surface area contributed by atoms with Crippen molar-refractivity contribution in [3.8, 4) is 5.88 Å². The van der Waals surface area contributed by atoms with Gasteiger partial charge in [-0.25, -0.2) is 0 Å². The predicted octanol–water partition coefficient (Wildman–Crippen LogP) is 0.184. The van der Waals surface area contributed by atoms with Crippen LogP contribution >= 0.6 is 0 Å². The molecule has 0 unspecified atom stereocenters. The van der Waals surface area contributed by atoms with Crippen LogP contribution in [0.5, 0.6) is 5.88 Å². The van der Waals surface area contributed by atoms with Crippen LogP contribution in [0.15, 0.2) is 12.1 Å². The molecule has 2 N–H and O–H groups in total. The van der Waals surface area contributed by atoms with Crippen molar-refractivity contribution in [3.05, 3.63) is 12.1 Å². The molecule has 1 aromatic rings. The number of nitrogen functional groups attached to an aromatic ring is 1. The normalized spacial score (nSPS) is 11.1. The average Bonchev–Trinajstić information content (AvgIpc) is 2.76. The van der Waals surface area contributed by atoms with Crippen LogP contribution in [0.2, 0.25) is 0 Å². The third-order valence-electron chi connectivity index (χ3n) is 3.43. The highest BCUT2D eigenvalue weighted by Crippen LogP contribution is 2.04. The maximum atomic E-state index is 5.44. The van der Waals surface area contributed by atoms with Crippen molar-refractivity contribution >= 4 is 5.82 Å². The second-order valence-corrected chi connectivity index (χ2v) is 5.81. The van der Waals surface area contributed by atoms with Crippen molar-refractivity contribution in [2.75, 3.05) is 105 Å². The van der Waals surface area contributed by atoms with Crippen LogP contribution < -0.4 is 10.5 Å². The van der Waals surface area contributed by atoms with Gasteiger partial charge in [0.05, 0.1) is 85.9 Å². The molecule has 0 aliphatic carbocycles. The summed E-state index contributed by atoms with van der Waals surface area (Å²) in [4.78, 5) is 0. The Morgan fingerprint density at radius 3 is 1.33 bits per heavy atom. The van der Waals surface area contributed by atoms with Gasteiger partial charge in [-0.15, -0.1) is 10.2 Å². The molecule has 1 rings (SSSR count). The van der Waals surface area contributed by atoms with Crippen LogP contribution in [0.1, 0.15) is 0 Å². The van der Waals surface area contributed by atoms with E-state index in [-0.39, 0.29) is 0 Å². The van der Waals surface area contributed by atoms with E-state index < -0.39 is 0 Å². The maximum absolute atomic E-state index is 5.44. The first-order chi connectivity index (χ1) is 14.8. The summed E-state index contributed by atoms with van der Waals surface area (Å²) in [6.45, 7) is 7.22. The number of ether oxygens (including phenoxy) is 8. The summed E-state index contributed by atoms with van der Waals surface area (Å²) in [6.07, 6.45) is 0. The number of aromatic nitrogens is 2. The zero-order chi connectivity index (χ0) is 21.5. The first kappa shape index (κ1) is 26.4. The number of anilines is 1. The lowest BCUT2D eigenvalue weighted by Gasteiger charge is -2.08. The van der Waals surface area contributed by atoms with Gasteiger partial charge in [-0.3, -0.25) is 0 Å². The molecule has 1 aromatic heterocycles. The molecule has 0 atom stereocenters. The van der Waals surface area contributed by atoms with Gasteiger partial charge in [0.1, 0.15) is 12.4 Å². The molecule has 1 heterocycles. The van der Waals surface area contributed by atoms with E-state index in [1.807, 2.05) is 0 Å². The van der Waals surface area contributed by atoms with Crippen LogP contribution in [0.3, 0.4) is 0 Å².